The van der Waals surface area contributed by atoms with E-state index in [0.717, 1.165) is 16.6 Å². The van der Waals surface area contributed by atoms with Crippen LogP contribution in [0.25, 0.3) is 16.6 Å². The fourth-order valence-corrected chi connectivity index (χ4v) is 2.06. The fourth-order valence-electron chi connectivity index (χ4n) is 1.85. The van der Waals surface area contributed by atoms with Gasteiger partial charge in [-0.25, -0.2) is 4.98 Å². The van der Waals surface area contributed by atoms with Crippen molar-refractivity contribution in [3.05, 3.63) is 60.0 Å². The first-order valence-corrected chi connectivity index (χ1v) is 5.41. The lowest BCUT2D eigenvalue weighted by Crippen LogP contribution is -1.90. The van der Waals surface area contributed by atoms with Crippen LogP contribution in [-0.2, 0) is 0 Å². The summed E-state index contributed by atoms with van der Waals surface area (Å²) in [4.78, 5) is 4.07. The molecule has 0 saturated carbocycles. The van der Waals surface area contributed by atoms with E-state index in [9.17, 15) is 0 Å². The minimum atomic E-state index is 0.548. The molecule has 16 heavy (non-hydrogen) atoms. The maximum Gasteiger partial charge on any atom is 0.138 e. The summed E-state index contributed by atoms with van der Waals surface area (Å²) in [7, 11) is 0. The van der Waals surface area contributed by atoms with Crippen molar-refractivity contribution in [1.82, 2.24) is 9.55 Å². The normalized spacial score (nSPS) is 10.8. The molecule has 3 rings (SSSR count). The van der Waals surface area contributed by atoms with Crippen molar-refractivity contribution in [2.75, 3.05) is 0 Å². The van der Waals surface area contributed by atoms with Crippen LogP contribution in [0.15, 0.2) is 54.9 Å². The van der Waals surface area contributed by atoms with Crippen molar-refractivity contribution in [2.24, 2.45) is 0 Å². The lowest BCUT2D eigenvalue weighted by Gasteiger charge is -2.04. The number of hydrogen-bond donors (Lipinski definition) is 0. The van der Waals surface area contributed by atoms with E-state index in [1.54, 1.807) is 6.20 Å². The average Bonchev–Trinajstić information content (AvgIpc) is 2.75. The second kappa shape index (κ2) is 3.65. The highest BCUT2D eigenvalue weighted by molar-refractivity contribution is 6.34. The molecule has 3 aromatic rings. The van der Waals surface area contributed by atoms with E-state index < -0.39 is 0 Å². The van der Waals surface area contributed by atoms with E-state index in [1.165, 1.54) is 0 Å². The standard InChI is InChI=1S/C13H9ClN2/c14-13-11-7-9-16(12(11)6-8-15-13)10-4-2-1-3-5-10/h1-9H. The minimum absolute atomic E-state index is 0.548. The first-order valence-electron chi connectivity index (χ1n) is 5.03. The van der Waals surface area contributed by atoms with Gasteiger partial charge in [0.1, 0.15) is 5.15 Å². The van der Waals surface area contributed by atoms with Crippen LogP contribution >= 0.6 is 11.6 Å². The highest BCUT2D eigenvalue weighted by Crippen LogP contribution is 2.24. The third kappa shape index (κ3) is 1.39. The molecule has 0 aliphatic heterocycles. The number of rotatable bonds is 1. The van der Waals surface area contributed by atoms with Crippen LogP contribution < -0.4 is 0 Å². The Labute approximate surface area is 98.1 Å². The molecule has 0 atom stereocenters. The smallest absolute Gasteiger partial charge is 0.138 e. The monoisotopic (exact) mass is 228 g/mol. The molecule has 78 valence electrons. The second-order valence-corrected chi connectivity index (χ2v) is 3.91. The summed E-state index contributed by atoms with van der Waals surface area (Å²) in [5.41, 5.74) is 2.20. The molecule has 2 heterocycles. The van der Waals surface area contributed by atoms with Gasteiger partial charge in [-0.1, -0.05) is 29.8 Å². The summed E-state index contributed by atoms with van der Waals surface area (Å²) in [5.74, 6) is 0. The number of pyridine rings is 1. The van der Waals surface area contributed by atoms with Crippen molar-refractivity contribution in [3.8, 4) is 5.69 Å². The lowest BCUT2D eigenvalue weighted by molar-refractivity contribution is 1.12. The molecule has 0 radical (unpaired) electrons. The molecule has 0 saturated heterocycles. The zero-order chi connectivity index (χ0) is 11.0. The number of aromatic nitrogens is 2. The number of halogens is 1. The van der Waals surface area contributed by atoms with Crippen molar-refractivity contribution < 1.29 is 0 Å². The minimum Gasteiger partial charge on any atom is -0.316 e. The Balaban J connectivity index is 2.30. The Hall–Kier alpha value is -1.80. The van der Waals surface area contributed by atoms with Crippen LogP contribution in [-0.4, -0.2) is 9.55 Å². The molecule has 0 N–H and O–H groups in total. The van der Waals surface area contributed by atoms with Gasteiger partial charge in [0.2, 0.25) is 0 Å². The predicted molar refractivity (Wildman–Crippen MR) is 66.1 cm³/mol. The van der Waals surface area contributed by atoms with Gasteiger partial charge in [-0.2, -0.15) is 0 Å². The van der Waals surface area contributed by atoms with Crippen molar-refractivity contribution in [2.45, 2.75) is 0 Å². The van der Waals surface area contributed by atoms with Gasteiger partial charge in [0.15, 0.2) is 0 Å². The lowest BCUT2D eigenvalue weighted by atomic mass is 10.3. The molecule has 0 spiro atoms. The fraction of sp³-hybridized carbons (Fsp3) is 0. The van der Waals surface area contributed by atoms with Gasteiger partial charge in [0.05, 0.1) is 5.52 Å². The van der Waals surface area contributed by atoms with Crippen molar-refractivity contribution >= 4 is 22.5 Å². The van der Waals surface area contributed by atoms with E-state index in [-0.39, 0.29) is 0 Å². The third-order valence-corrected chi connectivity index (χ3v) is 2.90. The summed E-state index contributed by atoms with van der Waals surface area (Å²) in [6, 6.07) is 14.1. The van der Waals surface area contributed by atoms with E-state index in [2.05, 4.69) is 21.7 Å². The topological polar surface area (TPSA) is 17.8 Å². The zero-order valence-corrected chi connectivity index (χ0v) is 9.22. The highest BCUT2D eigenvalue weighted by atomic mass is 35.5. The molecular weight excluding hydrogens is 220 g/mol. The quantitative estimate of drug-likeness (QED) is 0.581. The Morgan fingerprint density at radius 3 is 2.62 bits per heavy atom. The maximum atomic E-state index is 6.03. The molecular formula is C13H9ClN2. The third-order valence-electron chi connectivity index (χ3n) is 2.60. The molecule has 2 nitrogen and oxygen atoms in total. The number of nitrogens with zero attached hydrogens (tertiary/aromatic N) is 2. The van der Waals surface area contributed by atoms with Crippen LogP contribution in [0.5, 0.6) is 0 Å². The number of fused-ring (bicyclic) bond motifs is 1. The van der Waals surface area contributed by atoms with Gasteiger partial charge in [-0.15, -0.1) is 0 Å². The van der Waals surface area contributed by atoms with Gasteiger partial charge in [-0.3, -0.25) is 0 Å². The van der Waals surface area contributed by atoms with Crippen LogP contribution in [0, 0.1) is 0 Å². The molecule has 0 fully saturated rings. The molecule has 0 unspecified atom stereocenters. The Morgan fingerprint density at radius 1 is 1.00 bits per heavy atom. The van der Waals surface area contributed by atoms with E-state index in [0.29, 0.717) is 5.15 Å². The van der Waals surface area contributed by atoms with Crippen LogP contribution in [0.2, 0.25) is 5.15 Å². The van der Waals surface area contributed by atoms with Gasteiger partial charge in [0, 0.05) is 23.5 Å². The molecule has 1 aromatic carbocycles. The summed E-state index contributed by atoms with van der Waals surface area (Å²) < 4.78 is 2.10. The SMILES string of the molecule is Clc1nccc2c1ccn2-c1ccccc1. The first kappa shape index (κ1) is 9.43. The Kier molecular flexibility index (Phi) is 2.15. The number of para-hydroxylation sites is 1. The van der Waals surface area contributed by atoms with Crippen LogP contribution in [0.1, 0.15) is 0 Å². The highest BCUT2D eigenvalue weighted by Gasteiger charge is 2.05. The average molecular weight is 229 g/mol. The van der Waals surface area contributed by atoms with Gasteiger partial charge in [-0.05, 0) is 24.3 Å². The number of hydrogen-bond acceptors (Lipinski definition) is 1. The Morgan fingerprint density at radius 2 is 1.81 bits per heavy atom. The van der Waals surface area contributed by atoms with Crippen LogP contribution in [0.3, 0.4) is 0 Å². The first-order chi connectivity index (χ1) is 7.86. The van der Waals surface area contributed by atoms with Gasteiger partial charge < -0.3 is 4.57 Å². The predicted octanol–water partition coefficient (Wildman–Crippen LogP) is 3.68. The molecule has 0 aliphatic rings. The molecule has 0 bridgehead atoms. The molecule has 2 aromatic heterocycles. The second-order valence-electron chi connectivity index (χ2n) is 3.56. The van der Waals surface area contributed by atoms with Gasteiger partial charge in [0.25, 0.3) is 0 Å². The zero-order valence-electron chi connectivity index (χ0n) is 8.47. The van der Waals surface area contributed by atoms with E-state index in [4.69, 9.17) is 11.6 Å². The summed E-state index contributed by atoms with van der Waals surface area (Å²) >= 11 is 6.03. The van der Waals surface area contributed by atoms with Crippen molar-refractivity contribution in [1.29, 1.82) is 0 Å². The molecule has 3 heteroatoms. The van der Waals surface area contributed by atoms with Crippen LogP contribution in [0.4, 0.5) is 0 Å². The largest absolute Gasteiger partial charge is 0.316 e. The van der Waals surface area contributed by atoms with E-state index in [1.807, 2.05) is 36.5 Å². The molecule has 0 aliphatic carbocycles. The maximum absolute atomic E-state index is 6.03. The Bertz CT molecular complexity index is 629. The van der Waals surface area contributed by atoms with E-state index >= 15 is 0 Å². The van der Waals surface area contributed by atoms with Gasteiger partial charge >= 0.3 is 0 Å². The van der Waals surface area contributed by atoms with Crippen molar-refractivity contribution in [3.63, 3.8) is 0 Å². The molecule has 0 amide bonds. The number of benzene rings is 1. The summed E-state index contributed by atoms with van der Waals surface area (Å²) in [5, 5.41) is 1.53. The summed E-state index contributed by atoms with van der Waals surface area (Å²) in [6.07, 6.45) is 3.73. The summed E-state index contributed by atoms with van der Waals surface area (Å²) in [6.45, 7) is 0.